The van der Waals surface area contributed by atoms with Gasteiger partial charge in [0, 0.05) is 24.6 Å². The highest BCUT2D eigenvalue weighted by molar-refractivity contribution is 5.40. The topological polar surface area (TPSA) is 24.9 Å². The normalized spacial score (nSPS) is 26.5. The maximum atomic E-state index is 3.98. The van der Waals surface area contributed by atoms with Crippen LogP contribution in [0.15, 0.2) is 24.5 Å². The van der Waals surface area contributed by atoms with Crippen molar-refractivity contribution in [1.82, 2.24) is 4.98 Å². The van der Waals surface area contributed by atoms with Gasteiger partial charge in [-0.1, -0.05) is 13.3 Å². The molecule has 0 amide bonds. The van der Waals surface area contributed by atoms with Crippen molar-refractivity contribution in [2.24, 2.45) is 11.8 Å². The van der Waals surface area contributed by atoms with E-state index in [9.17, 15) is 0 Å². The van der Waals surface area contributed by atoms with Gasteiger partial charge in [-0.15, -0.1) is 0 Å². The van der Waals surface area contributed by atoms with Crippen LogP contribution in [0.1, 0.15) is 19.8 Å². The minimum absolute atomic E-state index is 0.883. The van der Waals surface area contributed by atoms with Crippen LogP contribution in [-0.4, -0.2) is 11.5 Å². The van der Waals surface area contributed by atoms with Crippen LogP contribution < -0.4 is 5.32 Å². The summed E-state index contributed by atoms with van der Waals surface area (Å²) < 4.78 is 0. The third kappa shape index (κ3) is 2.00. The van der Waals surface area contributed by atoms with Gasteiger partial charge >= 0.3 is 0 Å². The van der Waals surface area contributed by atoms with E-state index in [1.807, 2.05) is 24.5 Å². The summed E-state index contributed by atoms with van der Waals surface area (Å²) in [7, 11) is 0. The number of anilines is 1. The minimum Gasteiger partial charge on any atom is -0.385 e. The van der Waals surface area contributed by atoms with E-state index in [1.54, 1.807) is 0 Å². The molecular weight excluding hydrogens is 160 g/mol. The number of nitrogens with zero attached hydrogens (tertiary/aromatic N) is 1. The minimum atomic E-state index is 0.883. The third-order valence-electron chi connectivity index (χ3n) is 3.05. The third-order valence-corrected chi connectivity index (χ3v) is 3.05. The molecule has 13 heavy (non-hydrogen) atoms. The number of hydrogen-bond donors (Lipinski definition) is 1. The van der Waals surface area contributed by atoms with Gasteiger partial charge < -0.3 is 5.32 Å². The van der Waals surface area contributed by atoms with Crippen LogP contribution in [0, 0.1) is 11.8 Å². The van der Waals surface area contributed by atoms with E-state index in [0.717, 1.165) is 18.4 Å². The summed E-state index contributed by atoms with van der Waals surface area (Å²) in [6.45, 7) is 3.45. The van der Waals surface area contributed by atoms with Gasteiger partial charge in [0.05, 0.1) is 0 Å². The van der Waals surface area contributed by atoms with Gasteiger partial charge in [-0.3, -0.25) is 4.98 Å². The van der Waals surface area contributed by atoms with Crippen LogP contribution in [0.5, 0.6) is 0 Å². The predicted octanol–water partition coefficient (Wildman–Crippen LogP) is 2.54. The summed E-state index contributed by atoms with van der Waals surface area (Å²) in [6, 6.07) is 4.03. The molecule has 0 unspecified atom stereocenters. The summed E-state index contributed by atoms with van der Waals surface area (Å²) in [4.78, 5) is 3.98. The van der Waals surface area contributed by atoms with Gasteiger partial charge in [-0.05, 0) is 30.4 Å². The second-order valence-electron chi connectivity index (χ2n) is 3.93. The Morgan fingerprint density at radius 1 is 1.38 bits per heavy atom. The quantitative estimate of drug-likeness (QED) is 0.765. The molecule has 2 heteroatoms. The molecule has 1 aliphatic rings. The van der Waals surface area contributed by atoms with Gasteiger partial charge in [-0.2, -0.15) is 0 Å². The van der Waals surface area contributed by atoms with E-state index in [2.05, 4.69) is 17.2 Å². The number of rotatable bonds is 3. The van der Waals surface area contributed by atoms with Crippen molar-refractivity contribution in [3.8, 4) is 0 Å². The summed E-state index contributed by atoms with van der Waals surface area (Å²) in [5.74, 6) is 1.79. The van der Waals surface area contributed by atoms with Gasteiger partial charge in [0.2, 0.25) is 0 Å². The predicted molar refractivity (Wildman–Crippen MR) is 54.6 cm³/mol. The second-order valence-corrected chi connectivity index (χ2v) is 3.93. The first-order valence-electron chi connectivity index (χ1n) is 5.00. The van der Waals surface area contributed by atoms with Gasteiger partial charge in [0.1, 0.15) is 0 Å². The SMILES string of the molecule is C[C@@H]1CC[C@@H]1CNc1ccncc1. The molecule has 1 heterocycles. The van der Waals surface area contributed by atoms with E-state index >= 15 is 0 Å². The molecule has 1 aromatic rings. The maximum Gasteiger partial charge on any atom is 0.0371 e. The Labute approximate surface area is 79.4 Å². The average molecular weight is 176 g/mol. The molecule has 0 spiro atoms. The Kier molecular flexibility index (Phi) is 2.48. The van der Waals surface area contributed by atoms with Crippen LogP contribution >= 0.6 is 0 Å². The van der Waals surface area contributed by atoms with Crippen molar-refractivity contribution in [2.75, 3.05) is 11.9 Å². The Morgan fingerprint density at radius 3 is 2.69 bits per heavy atom. The summed E-state index contributed by atoms with van der Waals surface area (Å²) in [5, 5.41) is 3.44. The Hall–Kier alpha value is -1.05. The van der Waals surface area contributed by atoms with Crippen LogP contribution in [0.2, 0.25) is 0 Å². The van der Waals surface area contributed by atoms with Gasteiger partial charge in [0.15, 0.2) is 0 Å². The Morgan fingerprint density at radius 2 is 2.15 bits per heavy atom. The van der Waals surface area contributed by atoms with Crippen molar-refractivity contribution in [1.29, 1.82) is 0 Å². The highest BCUT2D eigenvalue weighted by Crippen LogP contribution is 2.33. The number of aromatic nitrogens is 1. The van der Waals surface area contributed by atoms with Crippen molar-refractivity contribution >= 4 is 5.69 Å². The fourth-order valence-corrected chi connectivity index (χ4v) is 1.76. The first-order valence-corrected chi connectivity index (χ1v) is 5.00. The smallest absolute Gasteiger partial charge is 0.0371 e. The van der Waals surface area contributed by atoms with Crippen molar-refractivity contribution in [2.45, 2.75) is 19.8 Å². The summed E-state index contributed by atoms with van der Waals surface area (Å²) >= 11 is 0. The van der Waals surface area contributed by atoms with Crippen LogP contribution in [0.25, 0.3) is 0 Å². The molecule has 0 aliphatic heterocycles. The molecule has 1 saturated carbocycles. The lowest BCUT2D eigenvalue weighted by Gasteiger charge is -2.34. The molecular formula is C11H16N2. The molecule has 0 aromatic carbocycles. The van der Waals surface area contributed by atoms with Crippen molar-refractivity contribution < 1.29 is 0 Å². The lowest BCUT2D eigenvalue weighted by Crippen LogP contribution is -2.29. The fraction of sp³-hybridized carbons (Fsp3) is 0.545. The van der Waals surface area contributed by atoms with Crippen LogP contribution in [0.4, 0.5) is 5.69 Å². The number of pyridine rings is 1. The largest absolute Gasteiger partial charge is 0.385 e. The van der Waals surface area contributed by atoms with Crippen molar-refractivity contribution in [3.05, 3.63) is 24.5 Å². The fourth-order valence-electron chi connectivity index (χ4n) is 1.76. The Bertz CT molecular complexity index is 258. The first kappa shape index (κ1) is 8.54. The Balaban J connectivity index is 1.80. The molecule has 0 radical (unpaired) electrons. The van der Waals surface area contributed by atoms with Gasteiger partial charge in [-0.25, -0.2) is 0 Å². The summed E-state index contributed by atoms with van der Waals surface area (Å²) in [6.07, 6.45) is 6.45. The molecule has 0 saturated heterocycles. The zero-order valence-electron chi connectivity index (χ0n) is 8.03. The monoisotopic (exact) mass is 176 g/mol. The van der Waals surface area contributed by atoms with Gasteiger partial charge in [0.25, 0.3) is 0 Å². The van der Waals surface area contributed by atoms with Crippen molar-refractivity contribution in [3.63, 3.8) is 0 Å². The molecule has 1 aromatic heterocycles. The first-order chi connectivity index (χ1) is 6.36. The molecule has 0 bridgehead atoms. The van der Waals surface area contributed by atoms with E-state index in [0.29, 0.717) is 0 Å². The van der Waals surface area contributed by atoms with Crippen LogP contribution in [0.3, 0.4) is 0 Å². The number of hydrogen-bond acceptors (Lipinski definition) is 2. The molecule has 2 atom stereocenters. The summed E-state index contributed by atoms with van der Waals surface area (Å²) in [5.41, 5.74) is 1.19. The number of nitrogens with one attached hydrogen (secondary N) is 1. The molecule has 1 aliphatic carbocycles. The highest BCUT2D eigenvalue weighted by Gasteiger charge is 2.25. The molecule has 1 fully saturated rings. The average Bonchev–Trinajstić information content (AvgIpc) is 2.17. The standard InChI is InChI=1S/C11H16N2/c1-9-2-3-10(9)8-13-11-4-6-12-7-5-11/h4-7,9-10H,2-3,8H2,1H3,(H,12,13)/t9-,10-/m1/s1. The van der Waals surface area contributed by atoms with E-state index < -0.39 is 0 Å². The zero-order valence-corrected chi connectivity index (χ0v) is 8.03. The lowest BCUT2D eigenvalue weighted by atomic mass is 9.75. The van der Waals surface area contributed by atoms with E-state index in [-0.39, 0.29) is 0 Å². The van der Waals surface area contributed by atoms with E-state index in [1.165, 1.54) is 18.5 Å². The lowest BCUT2D eigenvalue weighted by molar-refractivity contribution is 0.210. The molecule has 2 rings (SSSR count). The second kappa shape index (κ2) is 3.77. The van der Waals surface area contributed by atoms with E-state index in [4.69, 9.17) is 0 Å². The zero-order chi connectivity index (χ0) is 9.10. The highest BCUT2D eigenvalue weighted by atomic mass is 14.9. The molecule has 1 N–H and O–H groups in total. The molecule has 70 valence electrons. The molecule has 2 nitrogen and oxygen atoms in total. The van der Waals surface area contributed by atoms with Crippen LogP contribution in [-0.2, 0) is 0 Å². The maximum absolute atomic E-state index is 3.98.